The number of aliphatic hydroxyl groups excluding tert-OH is 1. The van der Waals surface area contributed by atoms with Crippen LogP contribution in [0.2, 0.25) is 0 Å². The van der Waals surface area contributed by atoms with Crippen LogP contribution in [0.15, 0.2) is 0 Å². The Balaban J connectivity index is 0.000000561. The van der Waals surface area contributed by atoms with E-state index in [0.717, 1.165) is 32.7 Å². The minimum atomic E-state index is -0.100. The second-order valence-corrected chi connectivity index (χ2v) is 2.74. The van der Waals surface area contributed by atoms with E-state index in [4.69, 9.17) is 9.84 Å². The van der Waals surface area contributed by atoms with Crippen molar-refractivity contribution < 1.29 is 9.84 Å². The van der Waals surface area contributed by atoms with Gasteiger partial charge in [-0.15, -0.1) is 0 Å². The lowest BCUT2D eigenvalue weighted by atomic mass is 10.3. The Kier molecular flexibility index (Phi) is 7.45. The number of likely N-dealkylation sites (tertiary alicyclic amines) is 1. The highest BCUT2D eigenvalue weighted by molar-refractivity contribution is 4.73. The van der Waals surface area contributed by atoms with Crippen molar-refractivity contribution in [2.24, 2.45) is 0 Å². The summed E-state index contributed by atoms with van der Waals surface area (Å²) in [5, 5.41) is 9.12. The van der Waals surface area contributed by atoms with Crippen molar-refractivity contribution in [2.75, 3.05) is 33.4 Å². The van der Waals surface area contributed by atoms with Crippen LogP contribution in [0.1, 0.15) is 20.3 Å². The van der Waals surface area contributed by atoms with Crippen LogP contribution in [-0.4, -0.2) is 49.5 Å². The average Bonchev–Trinajstić information content (AvgIpc) is 2.51. The van der Waals surface area contributed by atoms with Gasteiger partial charge >= 0.3 is 0 Å². The van der Waals surface area contributed by atoms with Crippen LogP contribution in [-0.2, 0) is 4.74 Å². The Bertz CT molecular complexity index is 98.5. The Morgan fingerprint density at radius 3 is 2.58 bits per heavy atom. The first-order chi connectivity index (χ1) is 5.83. The first kappa shape index (κ1) is 11.9. The number of ether oxygens (including phenoxy) is 1. The average molecular weight is 175 g/mol. The zero-order chi connectivity index (χ0) is 9.40. The van der Waals surface area contributed by atoms with Gasteiger partial charge in [0.25, 0.3) is 0 Å². The van der Waals surface area contributed by atoms with E-state index in [2.05, 4.69) is 4.90 Å². The van der Waals surface area contributed by atoms with Crippen LogP contribution in [0.25, 0.3) is 0 Å². The molecule has 12 heavy (non-hydrogen) atoms. The second kappa shape index (κ2) is 7.53. The van der Waals surface area contributed by atoms with Crippen molar-refractivity contribution in [3.8, 4) is 0 Å². The van der Waals surface area contributed by atoms with E-state index in [9.17, 15) is 0 Å². The van der Waals surface area contributed by atoms with Crippen molar-refractivity contribution >= 4 is 0 Å². The van der Waals surface area contributed by atoms with Crippen molar-refractivity contribution in [1.29, 1.82) is 0 Å². The molecule has 3 heteroatoms. The van der Waals surface area contributed by atoms with Crippen LogP contribution in [0.4, 0.5) is 0 Å². The van der Waals surface area contributed by atoms with Crippen molar-refractivity contribution in [2.45, 2.75) is 26.4 Å². The second-order valence-electron chi connectivity index (χ2n) is 2.74. The quantitative estimate of drug-likeness (QED) is 0.686. The van der Waals surface area contributed by atoms with E-state index in [1.807, 2.05) is 13.8 Å². The lowest BCUT2D eigenvalue weighted by molar-refractivity contribution is 0.141. The summed E-state index contributed by atoms with van der Waals surface area (Å²) < 4.78 is 4.92. The Morgan fingerprint density at radius 2 is 2.17 bits per heavy atom. The van der Waals surface area contributed by atoms with E-state index >= 15 is 0 Å². The standard InChI is InChI=1S/C7H15NO2.C2H6/c1-10-5-4-8-3-2-7(9)6-8;1-2/h7,9H,2-6H2,1H3;1-2H3. The third-order valence-electron chi connectivity index (χ3n) is 1.86. The molecule has 1 fully saturated rings. The van der Waals surface area contributed by atoms with Gasteiger partial charge in [0.1, 0.15) is 0 Å². The molecule has 1 aliphatic heterocycles. The van der Waals surface area contributed by atoms with Gasteiger partial charge < -0.3 is 9.84 Å². The predicted molar refractivity (Wildman–Crippen MR) is 50.3 cm³/mol. The van der Waals surface area contributed by atoms with Gasteiger partial charge in [0.2, 0.25) is 0 Å². The van der Waals surface area contributed by atoms with Crippen LogP contribution < -0.4 is 0 Å². The smallest absolute Gasteiger partial charge is 0.0679 e. The van der Waals surface area contributed by atoms with Crippen molar-refractivity contribution in [3.05, 3.63) is 0 Å². The molecule has 1 unspecified atom stereocenters. The first-order valence-electron chi connectivity index (χ1n) is 4.72. The number of rotatable bonds is 3. The molecule has 0 amide bonds. The van der Waals surface area contributed by atoms with E-state index in [1.54, 1.807) is 7.11 Å². The number of nitrogens with zero attached hydrogens (tertiary/aromatic N) is 1. The summed E-state index contributed by atoms with van der Waals surface area (Å²) in [4.78, 5) is 2.22. The molecule has 1 N–H and O–H groups in total. The lowest BCUT2D eigenvalue weighted by Gasteiger charge is -2.12. The maximum absolute atomic E-state index is 9.12. The molecule has 0 radical (unpaired) electrons. The molecule has 0 aromatic heterocycles. The fraction of sp³-hybridized carbons (Fsp3) is 1.00. The zero-order valence-corrected chi connectivity index (χ0v) is 8.42. The third-order valence-corrected chi connectivity index (χ3v) is 1.86. The fourth-order valence-corrected chi connectivity index (χ4v) is 1.24. The molecule has 0 aromatic rings. The van der Waals surface area contributed by atoms with Gasteiger partial charge in [-0.3, -0.25) is 4.90 Å². The van der Waals surface area contributed by atoms with Gasteiger partial charge in [-0.2, -0.15) is 0 Å². The molecule has 1 aliphatic rings. The van der Waals surface area contributed by atoms with Gasteiger partial charge in [-0.05, 0) is 6.42 Å². The monoisotopic (exact) mass is 175 g/mol. The maximum Gasteiger partial charge on any atom is 0.0679 e. The van der Waals surface area contributed by atoms with E-state index < -0.39 is 0 Å². The van der Waals surface area contributed by atoms with Crippen LogP contribution in [0.5, 0.6) is 0 Å². The SMILES string of the molecule is CC.COCCN1CCC(O)C1. The van der Waals surface area contributed by atoms with Gasteiger partial charge in [0.15, 0.2) is 0 Å². The first-order valence-corrected chi connectivity index (χ1v) is 4.72. The van der Waals surface area contributed by atoms with Gasteiger partial charge in [0, 0.05) is 26.7 Å². The molecule has 0 aromatic carbocycles. The highest BCUT2D eigenvalue weighted by Crippen LogP contribution is 2.07. The van der Waals surface area contributed by atoms with Crippen molar-refractivity contribution in [1.82, 2.24) is 4.90 Å². The van der Waals surface area contributed by atoms with Crippen molar-refractivity contribution in [3.63, 3.8) is 0 Å². The van der Waals surface area contributed by atoms with E-state index in [0.29, 0.717) is 0 Å². The molecule has 0 spiro atoms. The summed E-state index contributed by atoms with van der Waals surface area (Å²) in [6.45, 7) is 7.56. The summed E-state index contributed by atoms with van der Waals surface area (Å²) in [5.41, 5.74) is 0. The highest BCUT2D eigenvalue weighted by Gasteiger charge is 2.18. The molecule has 0 aliphatic carbocycles. The number of hydrogen-bond acceptors (Lipinski definition) is 3. The predicted octanol–water partition coefficient (Wildman–Crippen LogP) is 0.726. The molecular weight excluding hydrogens is 154 g/mol. The minimum absolute atomic E-state index is 0.100. The largest absolute Gasteiger partial charge is 0.392 e. The summed E-state index contributed by atoms with van der Waals surface area (Å²) in [7, 11) is 1.70. The molecular formula is C9H21NO2. The zero-order valence-electron chi connectivity index (χ0n) is 8.42. The molecule has 3 nitrogen and oxygen atoms in total. The third kappa shape index (κ3) is 4.70. The number of hydrogen-bond donors (Lipinski definition) is 1. The number of aliphatic hydroxyl groups is 1. The Morgan fingerprint density at radius 1 is 1.50 bits per heavy atom. The lowest BCUT2D eigenvalue weighted by Crippen LogP contribution is -2.25. The Hall–Kier alpha value is -0.120. The summed E-state index contributed by atoms with van der Waals surface area (Å²) in [6, 6.07) is 0. The molecule has 74 valence electrons. The molecule has 0 bridgehead atoms. The summed E-state index contributed by atoms with van der Waals surface area (Å²) >= 11 is 0. The van der Waals surface area contributed by atoms with Crippen LogP contribution in [0, 0.1) is 0 Å². The Labute approximate surface area is 75.3 Å². The molecule has 1 atom stereocenters. The molecule has 1 heterocycles. The van der Waals surface area contributed by atoms with E-state index in [-0.39, 0.29) is 6.10 Å². The topological polar surface area (TPSA) is 32.7 Å². The summed E-state index contributed by atoms with van der Waals surface area (Å²) in [6.07, 6.45) is 0.820. The minimum Gasteiger partial charge on any atom is -0.392 e. The van der Waals surface area contributed by atoms with Gasteiger partial charge in [-0.25, -0.2) is 0 Å². The van der Waals surface area contributed by atoms with Gasteiger partial charge in [0.05, 0.1) is 12.7 Å². The molecule has 1 saturated heterocycles. The molecule has 0 saturated carbocycles. The van der Waals surface area contributed by atoms with E-state index in [1.165, 1.54) is 0 Å². The highest BCUT2D eigenvalue weighted by atomic mass is 16.5. The van der Waals surface area contributed by atoms with Crippen LogP contribution in [0.3, 0.4) is 0 Å². The maximum atomic E-state index is 9.12. The number of methoxy groups -OCH3 is 1. The summed E-state index contributed by atoms with van der Waals surface area (Å²) in [5.74, 6) is 0. The van der Waals surface area contributed by atoms with Crippen LogP contribution >= 0.6 is 0 Å². The normalized spacial score (nSPS) is 23.5. The number of β-amino-alcohol motifs (C(OH)–C–C–N with tert-alkyl or cyclic N) is 1. The molecule has 1 rings (SSSR count). The van der Waals surface area contributed by atoms with Gasteiger partial charge in [-0.1, -0.05) is 13.8 Å². The fourth-order valence-electron chi connectivity index (χ4n) is 1.24.